The predicted molar refractivity (Wildman–Crippen MR) is 204 cm³/mol. The van der Waals surface area contributed by atoms with E-state index >= 15 is 0 Å². The van der Waals surface area contributed by atoms with Crippen LogP contribution in [0.25, 0.3) is 97.3 Å². The zero-order valence-electron chi connectivity index (χ0n) is 26.0. The van der Waals surface area contributed by atoms with Gasteiger partial charge in [-0.2, -0.15) is 0 Å². The lowest BCUT2D eigenvalue weighted by atomic mass is 9.99. The molecular weight excluding hydrogens is 621 g/mol. The molecule has 49 heavy (non-hydrogen) atoms. The average molecular weight is 645 g/mol. The second kappa shape index (κ2) is 9.83. The molecule has 6 heteroatoms. The molecular formula is C43H24N4OS. The molecule has 4 aromatic heterocycles. The quantitative estimate of drug-likeness (QED) is 0.139. The molecule has 0 unspecified atom stereocenters. The van der Waals surface area contributed by atoms with Gasteiger partial charge >= 0.3 is 0 Å². The van der Waals surface area contributed by atoms with E-state index in [4.69, 9.17) is 9.97 Å². The van der Waals surface area contributed by atoms with Crippen molar-refractivity contribution in [2.45, 2.75) is 0 Å². The summed E-state index contributed by atoms with van der Waals surface area (Å²) in [6.07, 6.45) is 0. The number of thiophene rings is 1. The van der Waals surface area contributed by atoms with E-state index in [0.717, 1.165) is 27.8 Å². The minimum Gasteiger partial charge on any atom is -0.308 e. The number of benzene rings is 7. The van der Waals surface area contributed by atoms with Gasteiger partial charge < -0.3 is 4.57 Å². The number of hydrogen-bond acceptors (Lipinski definition) is 4. The normalized spacial score (nSPS) is 12.2. The van der Waals surface area contributed by atoms with Gasteiger partial charge in [-0.25, -0.2) is 9.97 Å². The van der Waals surface area contributed by atoms with Crippen LogP contribution in [0.4, 0.5) is 0 Å². The summed E-state index contributed by atoms with van der Waals surface area (Å²) in [4.78, 5) is 24.6. The number of fused-ring (bicyclic) bond motifs is 14. The minimum absolute atomic E-state index is 0.109. The maximum Gasteiger partial charge on any atom is 0.266 e. The molecule has 5 nitrogen and oxygen atoms in total. The van der Waals surface area contributed by atoms with Crippen LogP contribution in [0.15, 0.2) is 150 Å². The zero-order valence-corrected chi connectivity index (χ0v) is 26.8. The summed E-state index contributed by atoms with van der Waals surface area (Å²) in [5.41, 5.74) is 7.37. The summed E-state index contributed by atoms with van der Waals surface area (Å²) in [5.74, 6) is 0. The van der Waals surface area contributed by atoms with E-state index in [1.165, 1.54) is 47.2 Å². The number of hydrogen-bond donors (Lipinski definition) is 0. The van der Waals surface area contributed by atoms with E-state index in [9.17, 15) is 4.79 Å². The van der Waals surface area contributed by atoms with E-state index < -0.39 is 0 Å². The first-order chi connectivity index (χ1) is 24.2. The van der Waals surface area contributed by atoms with Crippen LogP contribution in [-0.2, 0) is 0 Å². The van der Waals surface area contributed by atoms with E-state index in [0.29, 0.717) is 22.2 Å². The molecule has 0 saturated heterocycles. The smallest absolute Gasteiger partial charge is 0.266 e. The number of para-hydroxylation sites is 2. The highest BCUT2D eigenvalue weighted by molar-refractivity contribution is 7.27. The second-order valence-electron chi connectivity index (χ2n) is 12.5. The minimum atomic E-state index is -0.109. The molecule has 11 aromatic rings. The highest BCUT2D eigenvalue weighted by Gasteiger charge is 2.23. The van der Waals surface area contributed by atoms with Crippen LogP contribution in [0.2, 0.25) is 0 Å². The Labute approximate surface area is 282 Å². The molecule has 0 aliphatic rings. The zero-order chi connectivity index (χ0) is 32.2. The number of aromatic nitrogens is 4. The summed E-state index contributed by atoms with van der Waals surface area (Å²) in [6, 6.07) is 50.0. The summed E-state index contributed by atoms with van der Waals surface area (Å²) in [5, 5.41) is 8.04. The van der Waals surface area contributed by atoms with Crippen molar-refractivity contribution in [3.8, 4) is 16.9 Å². The van der Waals surface area contributed by atoms with Crippen molar-refractivity contribution in [2.75, 3.05) is 0 Å². The Morgan fingerprint density at radius 2 is 1.20 bits per heavy atom. The molecule has 0 fully saturated rings. The van der Waals surface area contributed by atoms with Gasteiger partial charge in [0.05, 0.1) is 37.7 Å². The summed E-state index contributed by atoms with van der Waals surface area (Å²) in [7, 11) is 0. The summed E-state index contributed by atoms with van der Waals surface area (Å²) < 4.78 is 6.65. The molecule has 0 spiro atoms. The van der Waals surface area contributed by atoms with Gasteiger partial charge in [0, 0.05) is 37.5 Å². The Morgan fingerprint density at radius 1 is 0.531 bits per heavy atom. The summed E-state index contributed by atoms with van der Waals surface area (Å²) >= 11 is 1.84. The van der Waals surface area contributed by atoms with Crippen LogP contribution < -0.4 is 5.56 Å². The molecule has 0 aliphatic carbocycles. The molecule has 0 atom stereocenters. The molecule has 0 bridgehead atoms. The maximum atomic E-state index is 14.4. The van der Waals surface area contributed by atoms with Crippen molar-refractivity contribution in [1.82, 2.24) is 18.9 Å². The Kier molecular flexibility index (Phi) is 5.35. The van der Waals surface area contributed by atoms with Crippen LogP contribution in [0.3, 0.4) is 0 Å². The maximum absolute atomic E-state index is 14.4. The Bertz CT molecular complexity index is 3250. The Hall–Kier alpha value is -6.37. The van der Waals surface area contributed by atoms with Crippen molar-refractivity contribution in [3.05, 3.63) is 156 Å². The first-order valence-corrected chi connectivity index (χ1v) is 17.1. The van der Waals surface area contributed by atoms with Crippen LogP contribution in [0.1, 0.15) is 0 Å². The number of rotatable bonds is 2. The van der Waals surface area contributed by atoms with Gasteiger partial charge in [0.15, 0.2) is 5.65 Å². The fourth-order valence-electron chi connectivity index (χ4n) is 7.79. The van der Waals surface area contributed by atoms with E-state index in [1.807, 2.05) is 72.0 Å². The molecule has 4 heterocycles. The standard InChI is InChI=1S/C43H24N4OS/c48-43-29-16-6-9-19-32(29)45-42-39(25-12-2-1-3-13-25)44-33-23-22-26(24-35(33)47(42)43)46-34-20-10-7-17-30(34)37-27-14-4-5-15-28(27)38-31-18-8-11-21-36(31)49-41(38)40(37)46/h1-24H. The third kappa shape index (κ3) is 3.61. The van der Waals surface area contributed by atoms with Crippen molar-refractivity contribution in [2.24, 2.45) is 0 Å². The molecule has 0 saturated carbocycles. The van der Waals surface area contributed by atoms with Crippen molar-refractivity contribution in [3.63, 3.8) is 0 Å². The molecule has 7 aromatic carbocycles. The predicted octanol–water partition coefficient (Wildman–Crippen LogP) is 10.7. The van der Waals surface area contributed by atoms with Crippen molar-refractivity contribution >= 4 is 91.7 Å². The topological polar surface area (TPSA) is 52.2 Å². The lowest BCUT2D eigenvalue weighted by Gasteiger charge is -2.14. The first kappa shape index (κ1) is 26.7. The lowest BCUT2D eigenvalue weighted by molar-refractivity contribution is 1.10. The lowest BCUT2D eigenvalue weighted by Crippen LogP contribution is -2.17. The van der Waals surface area contributed by atoms with Gasteiger partial charge in [-0.1, -0.05) is 103 Å². The highest BCUT2D eigenvalue weighted by atomic mass is 32.1. The largest absolute Gasteiger partial charge is 0.308 e. The van der Waals surface area contributed by atoms with Gasteiger partial charge in [-0.3, -0.25) is 9.20 Å². The SMILES string of the molecule is O=c1c2ccccc2nc2c(-c3ccccc3)nc3ccc(-n4c5ccccc5c5c6ccccc6c6c7ccccc7sc6c54)cc3n12. The average Bonchev–Trinajstić information content (AvgIpc) is 3.72. The van der Waals surface area contributed by atoms with Gasteiger partial charge in [-0.05, 0) is 53.2 Å². The third-order valence-electron chi connectivity index (χ3n) is 9.88. The van der Waals surface area contributed by atoms with E-state index in [1.54, 1.807) is 4.40 Å². The van der Waals surface area contributed by atoms with Crippen molar-refractivity contribution < 1.29 is 0 Å². The molecule has 11 rings (SSSR count). The number of nitrogens with zero attached hydrogens (tertiary/aromatic N) is 4. The fourth-order valence-corrected chi connectivity index (χ4v) is 9.05. The Balaban J connectivity index is 1.33. The molecule has 0 N–H and O–H groups in total. The fraction of sp³-hybridized carbons (Fsp3) is 0. The second-order valence-corrected chi connectivity index (χ2v) is 13.6. The van der Waals surface area contributed by atoms with E-state index in [2.05, 4.69) is 89.5 Å². The molecule has 0 radical (unpaired) electrons. The molecule has 228 valence electrons. The van der Waals surface area contributed by atoms with Crippen LogP contribution >= 0.6 is 11.3 Å². The van der Waals surface area contributed by atoms with Crippen molar-refractivity contribution in [1.29, 1.82) is 0 Å². The van der Waals surface area contributed by atoms with Gasteiger partial charge in [0.1, 0.15) is 5.69 Å². The van der Waals surface area contributed by atoms with Crippen LogP contribution in [-0.4, -0.2) is 18.9 Å². The van der Waals surface area contributed by atoms with Gasteiger partial charge in [0.25, 0.3) is 5.56 Å². The van der Waals surface area contributed by atoms with Crippen LogP contribution in [0, 0.1) is 0 Å². The van der Waals surface area contributed by atoms with Crippen LogP contribution in [0.5, 0.6) is 0 Å². The van der Waals surface area contributed by atoms with Gasteiger partial charge in [-0.15, -0.1) is 11.3 Å². The first-order valence-electron chi connectivity index (χ1n) is 16.3. The van der Waals surface area contributed by atoms with E-state index in [-0.39, 0.29) is 5.56 Å². The molecule has 0 aliphatic heterocycles. The monoisotopic (exact) mass is 644 g/mol. The third-order valence-corrected chi connectivity index (χ3v) is 11.1. The molecule has 0 amide bonds. The highest BCUT2D eigenvalue weighted by Crippen LogP contribution is 2.47. The summed E-state index contributed by atoms with van der Waals surface area (Å²) in [6.45, 7) is 0. The van der Waals surface area contributed by atoms with Gasteiger partial charge in [0.2, 0.25) is 0 Å². The Morgan fingerprint density at radius 3 is 2.04 bits per heavy atom.